The second-order valence-corrected chi connectivity index (χ2v) is 5.19. The molecular formula is C15H22N4O3S. The van der Waals surface area contributed by atoms with Gasteiger partial charge in [-0.25, -0.2) is 0 Å². The number of rotatable bonds is 8. The van der Waals surface area contributed by atoms with Crippen molar-refractivity contribution in [3.8, 4) is 5.75 Å². The molecule has 126 valence electrons. The SMILES string of the molecule is CCCCCNC(=S)NNC(=O)COc1ccccc1C(N)=O. The number of ether oxygens (including phenoxy) is 1. The third-order valence-corrected chi connectivity index (χ3v) is 3.14. The van der Waals surface area contributed by atoms with E-state index in [0.717, 1.165) is 25.8 Å². The Balaban J connectivity index is 2.30. The van der Waals surface area contributed by atoms with Crippen LogP contribution in [0.15, 0.2) is 24.3 Å². The first-order valence-electron chi connectivity index (χ1n) is 7.39. The van der Waals surface area contributed by atoms with Crippen molar-refractivity contribution >= 4 is 29.1 Å². The molecule has 1 aromatic rings. The molecule has 2 amide bonds. The number of para-hydroxylation sites is 1. The van der Waals surface area contributed by atoms with Crippen LogP contribution in [0.25, 0.3) is 0 Å². The number of unbranched alkanes of at least 4 members (excludes halogenated alkanes) is 2. The lowest BCUT2D eigenvalue weighted by Crippen LogP contribution is -2.48. The Hall–Kier alpha value is -2.35. The van der Waals surface area contributed by atoms with Crippen LogP contribution in [0, 0.1) is 0 Å². The quantitative estimate of drug-likeness (QED) is 0.318. The highest BCUT2D eigenvalue weighted by Gasteiger charge is 2.10. The van der Waals surface area contributed by atoms with Gasteiger partial charge in [0.05, 0.1) is 5.56 Å². The lowest BCUT2D eigenvalue weighted by molar-refractivity contribution is -0.123. The molecule has 0 aliphatic rings. The summed E-state index contributed by atoms with van der Waals surface area (Å²) in [6.45, 7) is 2.60. The van der Waals surface area contributed by atoms with E-state index in [4.69, 9.17) is 22.7 Å². The van der Waals surface area contributed by atoms with Crippen LogP contribution in [0.5, 0.6) is 5.75 Å². The molecule has 0 saturated carbocycles. The Morgan fingerprint density at radius 2 is 1.96 bits per heavy atom. The van der Waals surface area contributed by atoms with Crippen molar-refractivity contribution < 1.29 is 14.3 Å². The van der Waals surface area contributed by atoms with Gasteiger partial charge in [0.25, 0.3) is 11.8 Å². The van der Waals surface area contributed by atoms with E-state index in [1.807, 2.05) is 0 Å². The number of thiocarbonyl (C=S) groups is 1. The minimum absolute atomic E-state index is 0.223. The van der Waals surface area contributed by atoms with Crippen molar-refractivity contribution in [3.63, 3.8) is 0 Å². The van der Waals surface area contributed by atoms with Crippen molar-refractivity contribution in [2.75, 3.05) is 13.2 Å². The summed E-state index contributed by atoms with van der Waals surface area (Å²) in [7, 11) is 0. The van der Waals surface area contributed by atoms with Crippen LogP contribution in [0.4, 0.5) is 0 Å². The Bertz CT molecular complexity index is 551. The predicted octanol–water partition coefficient (Wildman–Crippen LogP) is 0.850. The van der Waals surface area contributed by atoms with Crippen molar-refractivity contribution in [3.05, 3.63) is 29.8 Å². The average Bonchev–Trinajstić information content (AvgIpc) is 2.55. The molecule has 0 fully saturated rings. The van der Waals surface area contributed by atoms with E-state index in [9.17, 15) is 9.59 Å². The molecule has 0 aliphatic carbocycles. The summed E-state index contributed by atoms with van der Waals surface area (Å²) in [5.41, 5.74) is 10.4. The zero-order chi connectivity index (χ0) is 17.1. The van der Waals surface area contributed by atoms with Gasteiger partial charge in [-0.1, -0.05) is 31.9 Å². The number of primary amides is 1. The van der Waals surface area contributed by atoms with Crippen LogP contribution >= 0.6 is 12.2 Å². The summed E-state index contributed by atoms with van der Waals surface area (Å²) in [6.07, 6.45) is 3.26. The highest BCUT2D eigenvalue weighted by atomic mass is 32.1. The molecule has 0 aromatic heterocycles. The number of benzene rings is 1. The van der Waals surface area contributed by atoms with Gasteiger partial charge in [0.1, 0.15) is 5.75 Å². The number of hydrogen-bond donors (Lipinski definition) is 4. The first kappa shape index (κ1) is 18.7. The van der Waals surface area contributed by atoms with Crippen molar-refractivity contribution in [1.29, 1.82) is 0 Å². The number of nitrogens with two attached hydrogens (primary N) is 1. The lowest BCUT2D eigenvalue weighted by atomic mass is 10.2. The normalized spacial score (nSPS) is 9.78. The van der Waals surface area contributed by atoms with E-state index in [1.54, 1.807) is 18.2 Å². The molecule has 0 atom stereocenters. The average molecular weight is 338 g/mol. The standard InChI is InChI=1S/C15H22N4O3S/c1-2-3-6-9-17-15(23)19-18-13(20)10-22-12-8-5-4-7-11(12)14(16)21/h4-5,7-8H,2-3,6,9-10H2,1H3,(H2,16,21)(H,18,20)(H2,17,19,23). The van der Waals surface area contributed by atoms with Gasteiger partial charge in [-0.3, -0.25) is 20.4 Å². The summed E-state index contributed by atoms with van der Waals surface area (Å²) in [4.78, 5) is 22.9. The maximum absolute atomic E-state index is 11.7. The summed E-state index contributed by atoms with van der Waals surface area (Å²) >= 11 is 5.02. The number of hydrogen-bond acceptors (Lipinski definition) is 4. The van der Waals surface area contributed by atoms with E-state index in [0.29, 0.717) is 5.11 Å². The Morgan fingerprint density at radius 3 is 2.65 bits per heavy atom. The van der Waals surface area contributed by atoms with E-state index in [2.05, 4.69) is 23.1 Å². The zero-order valence-corrected chi connectivity index (χ0v) is 13.9. The van der Waals surface area contributed by atoms with Crippen LogP contribution in [0.2, 0.25) is 0 Å². The fraction of sp³-hybridized carbons (Fsp3) is 0.400. The van der Waals surface area contributed by atoms with Gasteiger partial charge < -0.3 is 15.8 Å². The minimum Gasteiger partial charge on any atom is -0.483 e. The number of nitrogens with one attached hydrogen (secondary N) is 3. The molecule has 0 aliphatic heterocycles. The summed E-state index contributed by atoms with van der Waals surface area (Å²) in [5, 5.41) is 3.31. The van der Waals surface area contributed by atoms with E-state index in [-0.39, 0.29) is 17.9 Å². The second-order valence-electron chi connectivity index (χ2n) is 4.79. The van der Waals surface area contributed by atoms with E-state index in [1.165, 1.54) is 6.07 Å². The van der Waals surface area contributed by atoms with Gasteiger partial charge in [-0.05, 0) is 30.8 Å². The fourth-order valence-electron chi connectivity index (χ4n) is 1.72. The summed E-state index contributed by atoms with van der Waals surface area (Å²) in [6, 6.07) is 6.45. The third-order valence-electron chi connectivity index (χ3n) is 2.89. The zero-order valence-electron chi connectivity index (χ0n) is 13.1. The molecule has 0 spiro atoms. The number of hydrazine groups is 1. The Kier molecular flexibility index (Phi) is 8.45. The van der Waals surface area contributed by atoms with E-state index >= 15 is 0 Å². The molecule has 1 aromatic carbocycles. The van der Waals surface area contributed by atoms with Gasteiger partial charge in [0.2, 0.25) is 0 Å². The Labute approximate surface area is 140 Å². The predicted molar refractivity (Wildman–Crippen MR) is 91.9 cm³/mol. The highest BCUT2D eigenvalue weighted by Crippen LogP contribution is 2.16. The van der Waals surface area contributed by atoms with Gasteiger partial charge in [-0.15, -0.1) is 0 Å². The molecule has 0 heterocycles. The minimum atomic E-state index is -0.614. The monoisotopic (exact) mass is 338 g/mol. The van der Waals surface area contributed by atoms with Crippen molar-refractivity contribution in [2.45, 2.75) is 26.2 Å². The lowest BCUT2D eigenvalue weighted by Gasteiger charge is -2.12. The van der Waals surface area contributed by atoms with Crippen molar-refractivity contribution in [1.82, 2.24) is 16.2 Å². The van der Waals surface area contributed by atoms with Crippen LogP contribution in [0.1, 0.15) is 36.5 Å². The molecule has 0 saturated heterocycles. The number of carbonyl (C=O) groups is 2. The van der Waals surface area contributed by atoms with E-state index < -0.39 is 11.8 Å². The molecule has 8 heteroatoms. The van der Waals surface area contributed by atoms with Gasteiger partial charge >= 0.3 is 0 Å². The third kappa shape index (κ3) is 7.46. The highest BCUT2D eigenvalue weighted by molar-refractivity contribution is 7.80. The molecule has 5 N–H and O–H groups in total. The molecule has 1 rings (SSSR count). The molecule has 7 nitrogen and oxygen atoms in total. The van der Waals surface area contributed by atoms with Crippen LogP contribution < -0.4 is 26.6 Å². The molecule has 0 radical (unpaired) electrons. The number of carbonyl (C=O) groups excluding carboxylic acids is 2. The first-order chi connectivity index (χ1) is 11.0. The molecule has 23 heavy (non-hydrogen) atoms. The van der Waals surface area contributed by atoms with Crippen molar-refractivity contribution in [2.24, 2.45) is 5.73 Å². The van der Waals surface area contributed by atoms with Gasteiger partial charge in [0, 0.05) is 6.54 Å². The molecule has 0 unspecified atom stereocenters. The topological polar surface area (TPSA) is 105 Å². The smallest absolute Gasteiger partial charge is 0.276 e. The summed E-state index contributed by atoms with van der Waals surface area (Å²) in [5.74, 6) is -0.783. The number of amides is 2. The fourth-order valence-corrected chi connectivity index (χ4v) is 1.88. The molecule has 0 bridgehead atoms. The van der Waals surface area contributed by atoms with Crippen LogP contribution in [-0.2, 0) is 4.79 Å². The summed E-state index contributed by atoms with van der Waals surface area (Å²) < 4.78 is 5.29. The first-order valence-corrected chi connectivity index (χ1v) is 7.79. The van der Waals surface area contributed by atoms with Gasteiger partial charge in [0.15, 0.2) is 11.7 Å². The maximum atomic E-state index is 11.7. The second kappa shape index (κ2) is 10.4. The van der Waals surface area contributed by atoms with Crippen LogP contribution in [0.3, 0.4) is 0 Å². The largest absolute Gasteiger partial charge is 0.483 e. The Morgan fingerprint density at radius 1 is 1.22 bits per heavy atom. The van der Waals surface area contributed by atoms with Crippen LogP contribution in [-0.4, -0.2) is 30.1 Å². The maximum Gasteiger partial charge on any atom is 0.276 e. The molecular weight excluding hydrogens is 316 g/mol. The van der Waals surface area contributed by atoms with Gasteiger partial charge in [-0.2, -0.15) is 0 Å².